The molecule has 1 amide bonds. The summed E-state index contributed by atoms with van der Waals surface area (Å²) in [5.74, 6) is -0.674. The van der Waals surface area contributed by atoms with Gasteiger partial charge >= 0.3 is 5.91 Å². The maximum absolute atomic E-state index is 10.8. The Morgan fingerprint density at radius 3 is 3.00 bits per heavy atom. The molecule has 2 rings (SSSR count). The standard InChI is InChI=1S/C10H10N2O2/c1-2-6-3-4-8-7(5-6)12-10(14-8)9(11)13/h3-5H,2H2,1H3,(H2,11,13). The van der Waals surface area contributed by atoms with Crippen LogP contribution in [0.15, 0.2) is 22.6 Å². The number of hydrogen-bond acceptors (Lipinski definition) is 3. The topological polar surface area (TPSA) is 69.1 Å². The lowest BCUT2D eigenvalue weighted by molar-refractivity contribution is 0.0969. The van der Waals surface area contributed by atoms with Crippen LogP contribution in [0.3, 0.4) is 0 Å². The molecule has 1 aromatic carbocycles. The Hall–Kier alpha value is -1.84. The van der Waals surface area contributed by atoms with Crippen LogP contribution in [0.25, 0.3) is 11.1 Å². The Morgan fingerprint density at radius 2 is 2.36 bits per heavy atom. The van der Waals surface area contributed by atoms with Gasteiger partial charge in [0.15, 0.2) is 5.58 Å². The Morgan fingerprint density at radius 1 is 1.57 bits per heavy atom. The predicted octanol–water partition coefficient (Wildman–Crippen LogP) is 1.49. The summed E-state index contributed by atoms with van der Waals surface area (Å²) in [5.41, 5.74) is 7.48. The number of aryl methyl sites for hydroxylation is 1. The van der Waals surface area contributed by atoms with Crippen molar-refractivity contribution in [3.8, 4) is 0 Å². The van der Waals surface area contributed by atoms with E-state index in [0.717, 1.165) is 12.0 Å². The van der Waals surface area contributed by atoms with E-state index >= 15 is 0 Å². The highest BCUT2D eigenvalue weighted by atomic mass is 16.4. The average molecular weight is 190 g/mol. The van der Waals surface area contributed by atoms with Crippen LogP contribution in [-0.2, 0) is 6.42 Å². The fourth-order valence-corrected chi connectivity index (χ4v) is 1.30. The molecule has 72 valence electrons. The molecule has 0 bridgehead atoms. The van der Waals surface area contributed by atoms with Gasteiger partial charge in [-0.1, -0.05) is 13.0 Å². The fraction of sp³-hybridized carbons (Fsp3) is 0.200. The van der Waals surface area contributed by atoms with Crippen molar-refractivity contribution in [2.75, 3.05) is 0 Å². The summed E-state index contributed by atoms with van der Waals surface area (Å²) >= 11 is 0. The van der Waals surface area contributed by atoms with Crippen molar-refractivity contribution in [1.29, 1.82) is 0 Å². The molecule has 0 saturated carbocycles. The van der Waals surface area contributed by atoms with E-state index in [1.807, 2.05) is 12.1 Å². The molecule has 0 atom stereocenters. The minimum absolute atomic E-state index is 0.0340. The maximum Gasteiger partial charge on any atom is 0.304 e. The van der Waals surface area contributed by atoms with E-state index in [4.69, 9.17) is 10.2 Å². The lowest BCUT2D eigenvalue weighted by Crippen LogP contribution is -2.10. The third-order valence-corrected chi connectivity index (χ3v) is 2.07. The molecule has 0 saturated heterocycles. The van der Waals surface area contributed by atoms with Gasteiger partial charge in [-0.25, -0.2) is 4.98 Å². The molecule has 1 aromatic heterocycles. The summed E-state index contributed by atoms with van der Waals surface area (Å²) in [6.07, 6.45) is 0.925. The molecule has 0 fully saturated rings. The van der Waals surface area contributed by atoms with E-state index < -0.39 is 5.91 Å². The molecule has 4 heteroatoms. The highest BCUT2D eigenvalue weighted by Gasteiger charge is 2.10. The van der Waals surface area contributed by atoms with Gasteiger partial charge in [-0.05, 0) is 24.1 Å². The third kappa shape index (κ3) is 1.35. The minimum Gasteiger partial charge on any atom is -0.432 e. The second-order valence-corrected chi connectivity index (χ2v) is 3.04. The maximum atomic E-state index is 10.8. The van der Waals surface area contributed by atoms with Crippen LogP contribution in [0.5, 0.6) is 0 Å². The monoisotopic (exact) mass is 190 g/mol. The van der Waals surface area contributed by atoms with Gasteiger partial charge in [0.1, 0.15) is 5.52 Å². The van der Waals surface area contributed by atoms with Crippen molar-refractivity contribution >= 4 is 17.0 Å². The highest BCUT2D eigenvalue weighted by molar-refractivity contribution is 5.91. The smallest absolute Gasteiger partial charge is 0.304 e. The van der Waals surface area contributed by atoms with Gasteiger partial charge < -0.3 is 10.2 Å². The number of hydrogen-bond donors (Lipinski definition) is 1. The van der Waals surface area contributed by atoms with Crippen LogP contribution in [0, 0.1) is 0 Å². The molecular weight excluding hydrogens is 180 g/mol. The number of carbonyl (C=O) groups excluding carboxylic acids is 1. The number of primary amides is 1. The largest absolute Gasteiger partial charge is 0.432 e. The summed E-state index contributed by atoms with van der Waals surface area (Å²) in [6.45, 7) is 2.05. The lowest BCUT2D eigenvalue weighted by atomic mass is 10.1. The van der Waals surface area contributed by atoms with Gasteiger partial charge in [0.05, 0.1) is 0 Å². The SMILES string of the molecule is CCc1ccc2oc(C(N)=O)nc2c1. The Kier molecular flexibility index (Phi) is 1.96. The number of rotatable bonds is 2. The number of nitrogens with two attached hydrogens (primary N) is 1. The van der Waals surface area contributed by atoms with Crippen molar-refractivity contribution in [2.45, 2.75) is 13.3 Å². The lowest BCUT2D eigenvalue weighted by Gasteiger charge is -1.92. The van der Waals surface area contributed by atoms with Gasteiger partial charge in [0, 0.05) is 0 Å². The number of benzene rings is 1. The van der Waals surface area contributed by atoms with Crippen LogP contribution >= 0.6 is 0 Å². The molecular formula is C10H10N2O2. The van der Waals surface area contributed by atoms with Crippen molar-refractivity contribution in [3.63, 3.8) is 0 Å². The van der Waals surface area contributed by atoms with E-state index in [1.54, 1.807) is 6.07 Å². The minimum atomic E-state index is -0.640. The zero-order valence-corrected chi connectivity index (χ0v) is 7.78. The summed E-state index contributed by atoms with van der Waals surface area (Å²) in [4.78, 5) is 14.8. The summed E-state index contributed by atoms with van der Waals surface area (Å²) in [7, 11) is 0. The quantitative estimate of drug-likeness (QED) is 0.779. The van der Waals surface area contributed by atoms with Gasteiger partial charge in [-0.3, -0.25) is 4.79 Å². The first-order valence-electron chi connectivity index (χ1n) is 4.40. The van der Waals surface area contributed by atoms with Gasteiger partial charge in [-0.15, -0.1) is 0 Å². The van der Waals surface area contributed by atoms with Gasteiger partial charge in [0.2, 0.25) is 0 Å². The highest BCUT2D eigenvalue weighted by Crippen LogP contribution is 2.17. The first-order valence-corrected chi connectivity index (χ1v) is 4.40. The summed E-state index contributed by atoms with van der Waals surface area (Å²) in [5, 5.41) is 0. The van der Waals surface area contributed by atoms with Crippen molar-refractivity contribution in [3.05, 3.63) is 29.7 Å². The molecule has 0 spiro atoms. The molecule has 0 aliphatic carbocycles. The summed E-state index contributed by atoms with van der Waals surface area (Å²) in [6, 6.07) is 5.64. The zero-order chi connectivity index (χ0) is 10.1. The second-order valence-electron chi connectivity index (χ2n) is 3.04. The van der Waals surface area contributed by atoms with Crippen molar-refractivity contribution < 1.29 is 9.21 Å². The van der Waals surface area contributed by atoms with Crippen LogP contribution in [0.1, 0.15) is 23.2 Å². The zero-order valence-electron chi connectivity index (χ0n) is 7.78. The Bertz CT molecular complexity index is 488. The predicted molar refractivity (Wildman–Crippen MR) is 51.9 cm³/mol. The average Bonchev–Trinajstić information content (AvgIpc) is 2.59. The summed E-state index contributed by atoms with van der Waals surface area (Å²) < 4.78 is 5.14. The van der Waals surface area contributed by atoms with E-state index in [1.165, 1.54) is 0 Å². The van der Waals surface area contributed by atoms with E-state index in [0.29, 0.717) is 11.1 Å². The normalized spacial score (nSPS) is 10.6. The van der Waals surface area contributed by atoms with Gasteiger partial charge in [0.25, 0.3) is 5.89 Å². The number of oxazole rings is 1. The molecule has 2 aromatic rings. The van der Waals surface area contributed by atoms with Crippen LogP contribution in [0.2, 0.25) is 0 Å². The molecule has 14 heavy (non-hydrogen) atoms. The van der Waals surface area contributed by atoms with Crippen LogP contribution in [-0.4, -0.2) is 10.9 Å². The molecule has 0 aliphatic rings. The van der Waals surface area contributed by atoms with E-state index in [9.17, 15) is 4.79 Å². The molecule has 1 heterocycles. The van der Waals surface area contributed by atoms with Crippen molar-refractivity contribution in [1.82, 2.24) is 4.98 Å². The first kappa shape index (κ1) is 8.74. The Balaban J connectivity index is 2.60. The second kappa shape index (κ2) is 3.14. The molecule has 0 unspecified atom stereocenters. The third-order valence-electron chi connectivity index (χ3n) is 2.07. The fourth-order valence-electron chi connectivity index (χ4n) is 1.30. The number of nitrogens with zero attached hydrogens (tertiary/aromatic N) is 1. The van der Waals surface area contributed by atoms with E-state index in [2.05, 4.69) is 11.9 Å². The number of fused-ring (bicyclic) bond motifs is 1. The van der Waals surface area contributed by atoms with Crippen LogP contribution < -0.4 is 5.73 Å². The van der Waals surface area contributed by atoms with Gasteiger partial charge in [-0.2, -0.15) is 0 Å². The number of aromatic nitrogens is 1. The van der Waals surface area contributed by atoms with E-state index in [-0.39, 0.29) is 5.89 Å². The Labute approximate surface area is 80.7 Å². The molecule has 4 nitrogen and oxygen atoms in total. The number of amides is 1. The van der Waals surface area contributed by atoms with Crippen LogP contribution in [0.4, 0.5) is 0 Å². The first-order chi connectivity index (χ1) is 6.70. The van der Waals surface area contributed by atoms with Crippen molar-refractivity contribution in [2.24, 2.45) is 5.73 Å². The molecule has 2 N–H and O–H groups in total. The molecule has 0 radical (unpaired) electrons. The molecule has 0 aliphatic heterocycles. The number of carbonyl (C=O) groups is 1.